The van der Waals surface area contributed by atoms with Gasteiger partial charge in [0.2, 0.25) is 5.91 Å². The van der Waals surface area contributed by atoms with Crippen molar-refractivity contribution in [1.29, 1.82) is 0 Å². The Labute approximate surface area is 353 Å². The Morgan fingerprint density at radius 1 is 0.552 bits per heavy atom. The van der Waals surface area contributed by atoms with Crippen molar-refractivity contribution in [1.82, 2.24) is 5.32 Å². The van der Waals surface area contributed by atoms with Crippen LogP contribution in [-0.4, -0.2) is 54.3 Å². The van der Waals surface area contributed by atoms with Crippen molar-refractivity contribution < 1.29 is 37.9 Å². The molecule has 0 aliphatic rings. The van der Waals surface area contributed by atoms with Crippen LogP contribution in [0, 0.1) is 0 Å². The number of allylic oxidation sites excluding steroid dienone is 14. The van der Waals surface area contributed by atoms with Gasteiger partial charge in [-0.2, -0.15) is 0 Å². The van der Waals surface area contributed by atoms with Crippen molar-refractivity contribution in [3.05, 3.63) is 85.1 Å². The minimum absolute atomic E-state index is 0.0520. The minimum Gasteiger partial charge on any atom is -0.463 e. The second-order valence-electron chi connectivity index (χ2n) is 14.6. The normalized spacial score (nSPS) is 14.1. The van der Waals surface area contributed by atoms with E-state index in [9.17, 15) is 24.2 Å². The fourth-order valence-electron chi connectivity index (χ4n) is 5.67. The van der Waals surface area contributed by atoms with Gasteiger partial charge in [0.25, 0.3) is 0 Å². The predicted octanol–water partition coefficient (Wildman–Crippen LogP) is 12.8. The highest BCUT2D eigenvalue weighted by Gasteiger charge is 2.23. The number of hydrogen-bond acceptors (Lipinski definition) is 7. The fourth-order valence-corrected chi connectivity index (χ4v) is 6.43. The molecule has 0 spiro atoms. The van der Waals surface area contributed by atoms with Crippen molar-refractivity contribution in [2.24, 2.45) is 0 Å². The highest BCUT2D eigenvalue weighted by molar-refractivity contribution is 7.47. The number of ether oxygens (including phenoxy) is 1. The quantitative estimate of drug-likeness (QED) is 0.0240. The molecule has 0 aromatic heterocycles. The lowest BCUT2D eigenvalue weighted by Crippen LogP contribution is -2.27. The lowest BCUT2D eigenvalue weighted by molar-refractivity contribution is -0.147. The smallest absolute Gasteiger partial charge is 0.463 e. The number of aliphatic hydroxyl groups excluding tert-OH is 1. The number of amides is 1. The first-order valence-corrected chi connectivity index (χ1v) is 24.1. The van der Waals surface area contributed by atoms with Crippen molar-refractivity contribution in [3.8, 4) is 0 Å². The van der Waals surface area contributed by atoms with E-state index in [-0.39, 0.29) is 32.1 Å². The van der Waals surface area contributed by atoms with E-state index in [4.69, 9.17) is 13.8 Å². The monoisotopic (exact) mass is 832 g/mol. The highest BCUT2D eigenvalue weighted by Crippen LogP contribution is 2.42. The van der Waals surface area contributed by atoms with E-state index in [1.165, 1.54) is 51.4 Å². The Kier molecular flexibility index (Phi) is 41.6. The van der Waals surface area contributed by atoms with Crippen molar-refractivity contribution in [3.63, 3.8) is 0 Å². The van der Waals surface area contributed by atoms with E-state index >= 15 is 0 Å². The second kappa shape index (κ2) is 43.8. The fraction of sp³-hybridized carbons (Fsp3) is 0.667. The molecule has 0 rings (SSSR count). The average molecular weight is 832 g/mol. The van der Waals surface area contributed by atoms with Gasteiger partial charge in [-0.15, -0.1) is 0 Å². The van der Waals surface area contributed by atoms with Gasteiger partial charge in [0.15, 0.2) is 0 Å². The highest BCUT2D eigenvalue weighted by atomic mass is 31.2. The van der Waals surface area contributed by atoms with Gasteiger partial charge in [0.1, 0.15) is 12.7 Å². The first-order valence-electron chi connectivity index (χ1n) is 22.6. The maximum atomic E-state index is 12.1. The standard InChI is InChI=1S/C48H82NO8P/c1-3-5-7-9-11-13-15-17-19-21-22-23-24-25-26-28-30-32-34-36-38-40-47(51)49-42-43-56-58(53,54)57-45-46(50)44-55-48(52)41-39-37-35-33-31-29-27-20-18-16-14-12-10-8-6-4-2/h5,7,11,13,17,19-20,22-23,25-27,30,32,46,50H,3-4,6,8-10,12,14-16,18,21,24,28-29,31,33-45H2,1-2H3,(H,49,51)(H,53,54)/b7-5-,13-11-,19-17-,23-22-,26-25-,27-20-,32-30-. The summed E-state index contributed by atoms with van der Waals surface area (Å²) in [6.07, 6.45) is 55.2. The van der Waals surface area contributed by atoms with Crippen LogP contribution in [0.5, 0.6) is 0 Å². The molecule has 0 aromatic carbocycles. The van der Waals surface area contributed by atoms with Crippen molar-refractivity contribution in [2.75, 3.05) is 26.4 Å². The molecule has 3 N–H and O–H groups in total. The molecule has 0 saturated carbocycles. The van der Waals surface area contributed by atoms with Gasteiger partial charge in [-0.05, 0) is 89.9 Å². The van der Waals surface area contributed by atoms with E-state index in [1.807, 2.05) is 0 Å². The number of carbonyl (C=O) groups excluding carboxylic acids is 2. The molecule has 0 bridgehead atoms. The first kappa shape index (κ1) is 55.2. The number of carbonyl (C=O) groups is 2. The molecule has 10 heteroatoms. The van der Waals surface area contributed by atoms with Crippen LogP contribution in [0.2, 0.25) is 0 Å². The van der Waals surface area contributed by atoms with Crippen LogP contribution in [0.15, 0.2) is 85.1 Å². The number of rotatable bonds is 41. The Morgan fingerprint density at radius 3 is 1.52 bits per heavy atom. The van der Waals surface area contributed by atoms with Crippen LogP contribution in [-0.2, 0) is 27.9 Å². The van der Waals surface area contributed by atoms with E-state index < -0.39 is 26.5 Å². The third kappa shape index (κ3) is 44.3. The Balaban J connectivity index is 3.70. The Bertz CT molecular complexity index is 1220. The number of nitrogens with one attached hydrogen (secondary N) is 1. The van der Waals surface area contributed by atoms with Gasteiger partial charge in [-0.1, -0.05) is 157 Å². The lowest BCUT2D eigenvalue weighted by atomic mass is 10.1. The summed E-state index contributed by atoms with van der Waals surface area (Å²) < 4.78 is 26.9. The van der Waals surface area contributed by atoms with E-state index in [2.05, 4.69) is 104 Å². The molecule has 332 valence electrons. The zero-order valence-corrected chi connectivity index (χ0v) is 37.4. The Hall–Kier alpha value is -2.81. The predicted molar refractivity (Wildman–Crippen MR) is 242 cm³/mol. The molecule has 9 nitrogen and oxygen atoms in total. The second-order valence-corrected chi connectivity index (χ2v) is 16.1. The van der Waals surface area contributed by atoms with Gasteiger partial charge >= 0.3 is 13.8 Å². The summed E-state index contributed by atoms with van der Waals surface area (Å²) >= 11 is 0. The summed E-state index contributed by atoms with van der Waals surface area (Å²) in [7, 11) is -4.44. The zero-order valence-electron chi connectivity index (χ0n) is 36.5. The van der Waals surface area contributed by atoms with E-state index in [0.717, 1.165) is 96.3 Å². The Morgan fingerprint density at radius 2 is 0.983 bits per heavy atom. The molecule has 0 fully saturated rings. The molecular weight excluding hydrogens is 750 g/mol. The lowest BCUT2D eigenvalue weighted by Gasteiger charge is -2.15. The summed E-state index contributed by atoms with van der Waals surface area (Å²) in [5.41, 5.74) is 0. The molecule has 0 aromatic rings. The molecule has 1 amide bonds. The van der Waals surface area contributed by atoms with Gasteiger partial charge in [0, 0.05) is 19.4 Å². The number of aliphatic hydroxyl groups is 1. The SMILES string of the molecule is CC/C=C\C/C=C\C/C=C\C/C=C\C/C=C\C/C=C\CCCCC(=O)NCCOP(=O)(O)OCC(O)COC(=O)CCCCCCC/C=C\CCCCCCCCC. The van der Waals surface area contributed by atoms with Crippen LogP contribution in [0.1, 0.15) is 174 Å². The number of phosphoric ester groups is 1. The van der Waals surface area contributed by atoms with Gasteiger partial charge in [-0.25, -0.2) is 4.57 Å². The molecule has 0 aliphatic heterocycles. The summed E-state index contributed by atoms with van der Waals surface area (Å²) in [5, 5.41) is 12.7. The first-order chi connectivity index (χ1) is 28.3. The van der Waals surface area contributed by atoms with Crippen LogP contribution >= 0.6 is 7.82 Å². The maximum absolute atomic E-state index is 12.1. The molecule has 0 saturated heterocycles. The molecular formula is C48H82NO8P. The number of hydrogen-bond donors (Lipinski definition) is 3. The molecule has 2 unspecified atom stereocenters. The third-order valence-electron chi connectivity index (χ3n) is 9.06. The van der Waals surface area contributed by atoms with Crippen molar-refractivity contribution >= 4 is 19.7 Å². The number of unbranched alkanes of at least 4 members (excludes halogenated alkanes) is 14. The molecule has 0 heterocycles. The van der Waals surface area contributed by atoms with E-state index in [1.54, 1.807) is 0 Å². The summed E-state index contributed by atoms with van der Waals surface area (Å²) in [4.78, 5) is 33.9. The van der Waals surface area contributed by atoms with Crippen LogP contribution in [0.3, 0.4) is 0 Å². The summed E-state index contributed by atoms with van der Waals surface area (Å²) in [6, 6.07) is 0. The average Bonchev–Trinajstić information content (AvgIpc) is 3.21. The summed E-state index contributed by atoms with van der Waals surface area (Å²) in [6.45, 7) is 3.36. The number of esters is 1. The molecule has 0 aliphatic carbocycles. The van der Waals surface area contributed by atoms with Crippen LogP contribution in [0.25, 0.3) is 0 Å². The van der Waals surface area contributed by atoms with Gasteiger partial charge in [0.05, 0.1) is 13.2 Å². The van der Waals surface area contributed by atoms with Crippen LogP contribution in [0.4, 0.5) is 0 Å². The van der Waals surface area contributed by atoms with E-state index in [0.29, 0.717) is 6.42 Å². The van der Waals surface area contributed by atoms with Gasteiger partial charge in [-0.3, -0.25) is 18.6 Å². The van der Waals surface area contributed by atoms with Gasteiger partial charge < -0.3 is 20.1 Å². The summed E-state index contributed by atoms with van der Waals surface area (Å²) in [5.74, 6) is -0.575. The zero-order chi connectivity index (χ0) is 42.5. The molecule has 58 heavy (non-hydrogen) atoms. The maximum Gasteiger partial charge on any atom is 0.472 e. The number of phosphoric acid groups is 1. The molecule has 2 atom stereocenters. The molecule has 0 radical (unpaired) electrons. The third-order valence-corrected chi connectivity index (χ3v) is 10.0. The topological polar surface area (TPSA) is 131 Å². The minimum atomic E-state index is -4.44. The van der Waals surface area contributed by atoms with Crippen molar-refractivity contribution in [2.45, 2.75) is 180 Å². The largest absolute Gasteiger partial charge is 0.472 e. The van der Waals surface area contributed by atoms with Crippen LogP contribution < -0.4 is 5.32 Å².